The molecule has 4 heterocycles. The van der Waals surface area contributed by atoms with E-state index in [-0.39, 0.29) is 5.56 Å². The molecule has 1 saturated heterocycles. The number of rotatable bonds is 7. The number of aromatic nitrogens is 5. The Morgan fingerprint density at radius 2 is 1.94 bits per heavy atom. The molecule has 1 aliphatic heterocycles. The molecule has 174 valence electrons. The SMILES string of the molecule is C=CCn1c(=O)c2cnc(Sc3ccc(N4CCOCC4)cc3)nc2n1-c1cccc(OC)n1. The Morgan fingerprint density at radius 1 is 1.15 bits per heavy atom. The maximum atomic E-state index is 13.1. The fourth-order valence-electron chi connectivity index (χ4n) is 3.87. The molecular formula is C24H24N6O3S. The van der Waals surface area contributed by atoms with Crippen LogP contribution in [0.4, 0.5) is 5.69 Å². The van der Waals surface area contributed by atoms with Crippen LogP contribution in [-0.4, -0.2) is 57.7 Å². The molecule has 4 aromatic rings. The first-order chi connectivity index (χ1) is 16.7. The Balaban J connectivity index is 1.51. The minimum Gasteiger partial charge on any atom is -0.481 e. The Hall–Kier alpha value is -3.63. The fraction of sp³-hybridized carbons (Fsp3) is 0.250. The number of ether oxygens (including phenoxy) is 2. The molecule has 5 rings (SSSR count). The molecule has 0 N–H and O–H groups in total. The lowest BCUT2D eigenvalue weighted by atomic mass is 10.2. The summed E-state index contributed by atoms with van der Waals surface area (Å²) in [5.41, 5.74) is 1.45. The van der Waals surface area contributed by atoms with Gasteiger partial charge in [0.25, 0.3) is 5.56 Å². The van der Waals surface area contributed by atoms with Gasteiger partial charge in [0, 0.05) is 35.9 Å². The van der Waals surface area contributed by atoms with E-state index in [1.807, 2.05) is 6.07 Å². The van der Waals surface area contributed by atoms with Gasteiger partial charge in [-0.05, 0) is 42.1 Å². The summed E-state index contributed by atoms with van der Waals surface area (Å²) in [7, 11) is 1.55. The highest BCUT2D eigenvalue weighted by Gasteiger charge is 2.18. The average molecular weight is 477 g/mol. The molecule has 0 aliphatic carbocycles. The molecule has 1 fully saturated rings. The number of allylic oxidation sites excluding steroid dienone is 1. The van der Waals surface area contributed by atoms with Gasteiger partial charge >= 0.3 is 0 Å². The average Bonchev–Trinajstić information content (AvgIpc) is 3.16. The van der Waals surface area contributed by atoms with Crippen molar-refractivity contribution in [1.82, 2.24) is 24.3 Å². The van der Waals surface area contributed by atoms with Crippen LogP contribution in [0.3, 0.4) is 0 Å². The van der Waals surface area contributed by atoms with Gasteiger partial charge in [-0.3, -0.25) is 4.79 Å². The molecule has 0 amide bonds. The molecule has 9 nitrogen and oxygen atoms in total. The summed E-state index contributed by atoms with van der Waals surface area (Å²) in [6.45, 7) is 7.37. The number of anilines is 1. The van der Waals surface area contributed by atoms with E-state index < -0.39 is 0 Å². The van der Waals surface area contributed by atoms with E-state index in [4.69, 9.17) is 14.5 Å². The van der Waals surface area contributed by atoms with Crippen molar-refractivity contribution < 1.29 is 9.47 Å². The highest BCUT2D eigenvalue weighted by molar-refractivity contribution is 7.99. The number of pyridine rings is 1. The van der Waals surface area contributed by atoms with Crippen molar-refractivity contribution in [2.24, 2.45) is 0 Å². The van der Waals surface area contributed by atoms with Crippen molar-refractivity contribution in [2.45, 2.75) is 16.6 Å². The molecule has 0 bridgehead atoms. The van der Waals surface area contributed by atoms with E-state index in [9.17, 15) is 4.79 Å². The first kappa shape index (κ1) is 22.2. The molecule has 0 saturated carbocycles. The van der Waals surface area contributed by atoms with Crippen molar-refractivity contribution in [3.63, 3.8) is 0 Å². The zero-order chi connectivity index (χ0) is 23.5. The van der Waals surface area contributed by atoms with Crippen LogP contribution in [0.1, 0.15) is 0 Å². The molecule has 1 aliphatic rings. The Kier molecular flexibility index (Phi) is 6.33. The van der Waals surface area contributed by atoms with Gasteiger partial charge in [0.2, 0.25) is 5.88 Å². The highest BCUT2D eigenvalue weighted by Crippen LogP contribution is 2.28. The standard InChI is InChI=1S/C24H24N6O3S/c1-3-11-29-23(31)19-16-25-24(27-22(19)30(29)20-5-4-6-21(26-20)32-2)34-18-9-7-17(8-10-18)28-12-14-33-15-13-28/h3-10,16H,1,11-15H2,2H3. The van der Waals surface area contributed by atoms with E-state index in [0.29, 0.717) is 34.4 Å². The third kappa shape index (κ3) is 4.29. The normalized spacial score (nSPS) is 13.9. The second-order valence-corrected chi connectivity index (χ2v) is 8.65. The van der Waals surface area contributed by atoms with Crippen LogP contribution < -0.4 is 15.2 Å². The van der Waals surface area contributed by atoms with Gasteiger partial charge in [-0.25, -0.2) is 19.3 Å². The second-order valence-electron chi connectivity index (χ2n) is 7.61. The summed E-state index contributed by atoms with van der Waals surface area (Å²) in [4.78, 5) is 30.1. The zero-order valence-corrected chi connectivity index (χ0v) is 19.6. The van der Waals surface area contributed by atoms with Crippen molar-refractivity contribution in [3.05, 3.63) is 71.7 Å². The van der Waals surface area contributed by atoms with Crippen LogP contribution in [0.25, 0.3) is 16.9 Å². The minimum absolute atomic E-state index is 0.203. The number of nitrogens with zero attached hydrogens (tertiary/aromatic N) is 6. The smallest absolute Gasteiger partial charge is 0.278 e. The van der Waals surface area contributed by atoms with Crippen LogP contribution >= 0.6 is 11.8 Å². The van der Waals surface area contributed by atoms with Gasteiger partial charge in [0.1, 0.15) is 5.39 Å². The van der Waals surface area contributed by atoms with Crippen molar-refractivity contribution in [2.75, 3.05) is 38.3 Å². The van der Waals surface area contributed by atoms with Gasteiger partial charge in [-0.2, -0.15) is 4.98 Å². The lowest BCUT2D eigenvalue weighted by Gasteiger charge is -2.28. The number of methoxy groups -OCH3 is 1. The first-order valence-corrected chi connectivity index (χ1v) is 11.7. The quantitative estimate of drug-likeness (QED) is 0.297. The maximum Gasteiger partial charge on any atom is 0.278 e. The summed E-state index contributed by atoms with van der Waals surface area (Å²) in [6.07, 6.45) is 3.24. The van der Waals surface area contributed by atoms with Crippen molar-refractivity contribution in [1.29, 1.82) is 0 Å². The summed E-state index contributed by atoms with van der Waals surface area (Å²) in [5.74, 6) is 0.971. The van der Waals surface area contributed by atoms with Gasteiger partial charge in [0.05, 0.1) is 26.9 Å². The number of morpholine rings is 1. The van der Waals surface area contributed by atoms with Crippen LogP contribution in [0.5, 0.6) is 5.88 Å². The maximum absolute atomic E-state index is 13.1. The van der Waals surface area contributed by atoms with E-state index in [0.717, 1.165) is 31.2 Å². The van der Waals surface area contributed by atoms with E-state index in [1.54, 1.807) is 40.9 Å². The lowest BCUT2D eigenvalue weighted by molar-refractivity contribution is 0.122. The van der Waals surface area contributed by atoms with Gasteiger partial charge in [0.15, 0.2) is 16.6 Å². The van der Waals surface area contributed by atoms with E-state index in [2.05, 4.69) is 45.7 Å². The second kappa shape index (κ2) is 9.70. The monoisotopic (exact) mass is 476 g/mol. The van der Waals surface area contributed by atoms with Gasteiger partial charge in [-0.1, -0.05) is 12.1 Å². The number of hydrogen-bond donors (Lipinski definition) is 0. The predicted molar refractivity (Wildman–Crippen MR) is 131 cm³/mol. The number of fused-ring (bicyclic) bond motifs is 1. The molecule has 0 radical (unpaired) electrons. The summed E-state index contributed by atoms with van der Waals surface area (Å²) >= 11 is 1.44. The van der Waals surface area contributed by atoms with E-state index >= 15 is 0 Å². The summed E-state index contributed by atoms with van der Waals surface area (Å²) in [6, 6.07) is 13.7. The molecule has 3 aromatic heterocycles. The zero-order valence-electron chi connectivity index (χ0n) is 18.8. The topological polar surface area (TPSA) is 87.3 Å². The fourth-order valence-corrected chi connectivity index (χ4v) is 4.59. The minimum atomic E-state index is -0.203. The van der Waals surface area contributed by atoms with Crippen molar-refractivity contribution in [3.8, 4) is 11.7 Å². The first-order valence-electron chi connectivity index (χ1n) is 10.9. The molecule has 0 atom stereocenters. The predicted octanol–water partition coefficient (Wildman–Crippen LogP) is 3.16. The van der Waals surface area contributed by atoms with Crippen molar-refractivity contribution >= 4 is 28.5 Å². The molecule has 10 heteroatoms. The highest BCUT2D eigenvalue weighted by atomic mass is 32.2. The Bertz CT molecular complexity index is 1380. The van der Waals surface area contributed by atoms with Gasteiger partial charge < -0.3 is 14.4 Å². The summed E-state index contributed by atoms with van der Waals surface area (Å²) in [5, 5.41) is 0.956. The largest absolute Gasteiger partial charge is 0.481 e. The van der Waals surface area contributed by atoms with E-state index in [1.165, 1.54) is 17.4 Å². The molecule has 0 unspecified atom stereocenters. The van der Waals surface area contributed by atoms with Crippen LogP contribution in [0.15, 0.2) is 76.2 Å². The molecule has 0 spiro atoms. The lowest BCUT2D eigenvalue weighted by Crippen LogP contribution is -2.36. The molecular weight excluding hydrogens is 452 g/mol. The van der Waals surface area contributed by atoms with Crippen LogP contribution in [-0.2, 0) is 11.3 Å². The third-order valence-electron chi connectivity index (χ3n) is 5.51. The molecule has 34 heavy (non-hydrogen) atoms. The summed E-state index contributed by atoms with van der Waals surface area (Å²) < 4.78 is 13.9. The Morgan fingerprint density at radius 3 is 2.68 bits per heavy atom. The third-order valence-corrected chi connectivity index (χ3v) is 6.40. The van der Waals surface area contributed by atoms with Crippen LogP contribution in [0, 0.1) is 0 Å². The van der Waals surface area contributed by atoms with Gasteiger partial charge in [-0.15, -0.1) is 6.58 Å². The van der Waals surface area contributed by atoms with Crippen LogP contribution in [0.2, 0.25) is 0 Å². The Labute approximate surface area is 200 Å². The number of hydrogen-bond acceptors (Lipinski definition) is 8. The molecule has 1 aromatic carbocycles. The number of benzene rings is 1.